The Labute approximate surface area is 122 Å². The van der Waals surface area contributed by atoms with Crippen molar-refractivity contribution >= 4 is 5.91 Å². The van der Waals surface area contributed by atoms with E-state index in [4.69, 9.17) is 4.42 Å². The van der Waals surface area contributed by atoms with Gasteiger partial charge in [-0.05, 0) is 42.0 Å². The quantitative estimate of drug-likeness (QED) is 0.781. The number of carbonyl (C=O) groups is 1. The van der Waals surface area contributed by atoms with Gasteiger partial charge in [-0.3, -0.25) is 9.78 Å². The van der Waals surface area contributed by atoms with E-state index in [-0.39, 0.29) is 5.91 Å². The van der Waals surface area contributed by atoms with Crippen molar-refractivity contribution in [3.63, 3.8) is 0 Å². The van der Waals surface area contributed by atoms with Crippen LogP contribution in [0.4, 0.5) is 0 Å². The van der Waals surface area contributed by atoms with Crippen LogP contribution in [0.25, 0.3) is 11.5 Å². The highest BCUT2D eigenvalue weighted by molar-refractivity contribution is 5.75. The van der Waals surface area contributed by atoms with E-state index in [0.29, 0.717) is 13.1 Å². The van der Waals surface area contributed by atoms with E-state index < -0.39 is 0 Å². The minimum atomic E-state index is -0.0254. The maximum Gasteiger partial charge on any atom is 0.240 e. The zero-order chi connectivity index (χ0) is 14.5. The number of amides is 1. The van der Waals surface area contributed by atoms with E-state index >= 15 is 0 Å². The van der Waals surface area contributed by atoms with Gasteiger partial charge >= 0.3 is 0 Å². The largest absolute Gasteiger partial charge is 0.463 e. The SMILES string of the molecule is O=C(Cn1cccc1)NCc1ccnc(-c2ccco2)c1. The molecule has 0 fully saturated rings. The molecule has 1 N–H and O–H groups in total. The average Bonchev–Trinajstić information content (AvgIpc) is 3.19. The Kier molecular flexibility index (Phi) is 3.82. The molecule has 3 aromatic heterocycles. The lowest BCUT2D eigenvalue weighted by Gasteiger charge is -2.07. The van der Waals surface area contributed by atoms with Gasteiger partial charge in [-0.25, -0.2) is 0 Å². The second-order valence-electron chi connectivity index (χ2n) is 4.66. The lowest BCUT2D eigenvalue weighted by Crippen LogP contribution is -2.26. The van der Waals surface area contributed by atoms with Crippen molar-refractivity contribution in [1.82, 2.24) is 14.9 Å². The van der Waals surface area contributed by atoms with Gasteiger partial charge in [-0.2, -0.15) is 0 Å². The van der Waals surface area contributed by atoms with Crippen LogP contribution >= 0.6 is 0 Å². The maximum atomic E-state index is 11.8. The van der Waals surface area contributed by atoms with Crippen molar-refractivity contribution < 1.29 is 9.21 Å². The number of nitrogens with zero attached hydrogens (tertiary/aromatic N) is 2. The summed E-state index contributed by atoms with van der Waals surface area (Å²) in [5.74, 6) is 0.693. The van der Waals surface area contributed by atoms with Gasteiger partial charge in [0.25, 0.3) is 0 Å². The van der Waals surface area contributed by atoms with Crippen molar-refractivity contribution in [3.8, 4) is 11.5 Å². The molecule has 21 heavy (non-hydrogen) atoms. The molecule has 3 rings (SSSR count). The first-order chi connectivity index (χ1) is 10.3. The monoisotopic (exact) mass is 281 g/mol. The summed E-state index contributed by atoms with van der Waals surface area (Å²) < 4.78 is 7.15. The van der Waals surface area contributed by atoms with E-state index in [1.807, 2.05) is 53.4 Å². The molecule has 0 aromatic carbocycles. The van der Waals surface area contributed by atoms with Gasteiger partial charge in [-0.15, -0.1) is 0 Å². The highest BCUT2D eigenvalue weighted by Gasteiger charge is 2.05. The van der Waals surface area contributed by atoms with E-state index in [2.05, 4.69) is 10.3 Å². The van der Waals surface area contributed by atoms with Crippen LogP contribution in [-0.2, 0) is 17.9 Å². The molecule has 1 amide bonds. The van der Waals surface area contributed by atoms with Gasteiger partial charge in [0.1, 0.15) is 12.2 Å². The smallest absolute Gasteiger partial charge is 0.240 e. The maximum absolute atomic E-state index is 11.8. The second-order valence-corrected chi connectivity index (χ2v) is 4.66. The van der Waals surface area contributed by atoms with Gasteiger partial charge in [0.2, 0.25) is 5.91 Å². The van der Waals surface area contributed by atoms with Crippen LogP contribution in [0.5, 0.6) is 0 Å². The van der Waals surface area contributed by atoms with Crippen molar-refractivity contribution in [2.24, 2.45) is 0 Å². The summed E-state index contributed by atoms with van der Waals surface area (Å²) >= 11 is 0. The molecule has 0 saturated heterocycles. The Morgan fingerprint density at radius 3 is 2.86 bits per heavy atom. The second kappa shape index (κ2) is 6.09. The number of carbonyl (C=O) groups excluding carboxylic acids is 1. The summed E-state index contributed by atoms with van der Waals surface area (Å²) in [6.07, 6.45) is 7.05. The molecule has 106 valence electrons. The lowest BCUT2D eigenvalue weighted by molar-refractivity contribution is -0.121. The van der Waals surface area contributed by atoms with Crippen LogP contribution in [0.15, 0.2) is 65.7 Å². The van der Waals surface area contributed by atoms with Crippen molar-refractivity contribution in [2.45, 2.75) is 13.1 Å². The zero-order valence-electron chi connectivity index (χ0n) is 11.4. The molecule has 0 bridgehead atoms. The summed E-state index contributed by atoms with van der Waals surface area (Å²) in [5, 5.41) is 2.89. The third-order valence-electron chi connectivity index (χ3n) is 3.08. The molecule has 0 unspecified atom stereocenters. The lowest BCUT2D eigenvalue weighted by atomic mass is 10.2. The van der Waals surface area contributed by atoms with E-state index in [0.717, 1.165) is 17.0 Å². The molecular formula is C16H15N3O2. The molecule has 0 atom stereocenters. The van der Waals surface area contributed by atoms with Crippen LogP contribution in [0, 0.1) is 0 Å². The predicted octanol–water partition coefficient (Wildman–Crippen LogP) is 2.46. The Bertz CT molecular complexity index is 703. The molecule has 3 aromatic rings. The van der Waals surface area contributed by atoms with Crippen LogP contribution in [-0.4, -0.2) is 15.5 Å². The predicted molar refractivity (Wildman–Crippen MR) is 78.2 cm³/mol. The standard InChI is InChI=1S/C16H15N3O2/c20-16(12-19-7-1-2-8-19)18-11-13-5-6-17-14(10-13)15-4-3-9-21-15/h1-10H,11-12H2,(H,18,20). The molecule has 0 saturated carbocycles. The number of pyridine rings is 1. The first-order valence-electron chi connectivity index (χ1n) is 6.67. The van der Waals surface area contributed by atoms with Gasteiger partial charge in [0.15, 0.2) is 5.76 Å². The van der Waals surface area contributed by atoms with Gasteiger partial charge in [-0.1, -0.05) is 0 Å². The minimum absolute atomic E-state index is 0.0254. The summed E-state index contributed by atoms with van der Waals surface area (Å²) in [6, 6.07) is 11.3. The third-order valence-corrected chi connectivity index (χ3v) is 3.08. The van der Waals surface area contributed by atoms with Gasteiger partial charge in [0, 0.05) is 25.1 Å². The summed E-state index contributed by atoms with van der Waals surface area (Å²) in [7, 11) is 0. The highest BCUT2D eigenvalue weighted by Crippen LogP contribution is 2.17. The first kappa shape index (κ1) is 13.2. The van der Waals surface area contributed by atoms with Crippen LogP contribution < -0.4 is 5.32 Å². The molecule has 3 heterocycles. The molecule has 0 spiro atoms. The third kappa shape index (κ3) is 3.39. The fraction of sp³-hybridized carbons (Fsp3) is 0.125. The number of aromatic nitrogens is 2. The first-order valence-corrected chi connectivity index (χ1v) is 6.67. The Hall–Kier alpha value is -2.82. The fourth-order valence-electron chi connectivity index (χ4n) is 2.04. The topological polar surface area (TPSA) is 60.1 Å². The Balaban J connectivity index is 1.60. The minimum Gasteiger partial charge on any atom is -0.463 e. The number of nitrogens with one attached hydrogen (secondary N) is 1. The van der Waals surface area contributed by atoms with Crippen LogP contribution in [0.2, 0.25) is 0 Å². The van der Waals surface area contributed by atoms with Gasteiger partial charge < -0.3 is 14.3 Å². The van der Waals surface area contributed by atoms with Crippen LogP contribution in [0.1, 0.15) is 5.56 Å². The summed E-state index contributed by atoms with van der Waals surface area (Å²) in [4.78, 5) is 16.1. The zero-order valence-corrected chi connectivity index (χ0v) is 11.4. The van der Waals surface area contributed by atoms with Gasteiger partial charge in [0.05, 0.1) is 6.26 Å². The molecule has 0 radical (unpaired) electrons. The molecule has 5 nitrogen and oxygen atoms in total. The van der Waals surface area contributed by atoms with Crippen molar-refractivity contribution in [2.75, 3.05) is 0 Å². The van der Waals surface area contributed by atoms with Crippen molar-refractivity contribution in [3.05, 3.63) is 66.8 Å². The average molecular weight is 281 g/mol. The van der Waals surface area contributed by atoms with E-state index in [1.165, 1.54) is 0 Å². The number of furan rings is 1. The normalized spacial score (nSPS) is 10.5. The number of hydrogen-bond acceptors (Lipinski definition) is 3. The van der Waals surface area contributed by atoms with E-state index in [1.54, 1.807) is 12.5 Å². The Morgan fingerprint density at radius 2 is 2.10 bits per heavy atom. The molecule has 0 aliphatic heterocycles. The summed E-state index contributed by atoms with van der Waals surface area (Å²) in [6.45, 7) is 0.791. The fourth-order valence-corrected chi connectivity index (χ4v) is 2.04. The summed E-state index contributed by atoms with van der Waals surface area (Å²) in [5.41, 5.74) is 1.74. The molecule has 0 aliphatic carbocycles. The Morgan fingerprint density at radius 1 is 1.24 bits per heavy atom. The molecule has 0 aliphatic rings. The highest BCUT2D eigenvalue weighted by atomic mass is 16.3. The number of rotatable bonds is 5. The van der Waals surface area contributed by atoms with E-state index in [9.17, 15) is 4.79 Å². The molecule has 5 heteroatoms. The molecular weight excluding hydrogens is 266 g/mol. The van der Waals surface area contributed by atoms with Crippen LogP contribution in [0.3, 0.4) is 0 Å². The number of hydrogen-bond donors (Lipinski definition) is 1. The van der Waals surface area contributed by atoms with Crippen molar-refractivity contribution in [1.29, 1.82) is 0 Å².